The minimum atomic E-state index is -0.588. The summed E-state index contributed by atoms with van der Waals surface area (Å²) in [6.07, 6.45) is 2.46. The second kappa shape index (κ2) is 16.1. The van der Waals surface area contributed by atoms with Crippen LogP contribution in [0.2, 0.25) is 0 Å². The fraction of sp³-hybridized carbons (Fsp3) is 0.488. The summed E-state index contributed by atoms with van der Waals surface area (Å²) < 4.78 is 38.8. The second-order valence-electron chi connectivity index (χ2n) is 17.0. The minimum absolute atomic E-state index is 0.0978. The Morgan fingerprint density at radius 3 is 2.09 bits per heavy atom. The molecule has 57 heavy (non-hydrogen) atoms. The van der Waals surface area contributed by atoms with Crippen LogP contribution in [0.5, 0.6) is 11.5 Å². The van der Waals surface area contributed by atoms with Crippen molar-refractivity contribution in [3.8, 4) is 22.6 Å². The molecule has 3 aromatic carbocycles. The maximum atomic E-state index is 14.9. The van der Waals surface area contributed by atoms with Gasteiger partial charge in [-0.3, -0.25) is 9.89 Å². The molecule has 1 atom stereocenters. The molecule has 1 aromatic heterocycles. The van der Waals surface area contributed by atoms with Crippen LogP contribution < -0.4 is 14.4 Å². The summed E-state index contributed by atoms with van der Waals surface area (Å²) in [5, 5.41) is 8.16. The van der Waals surface area contributed by atoms with E-state index >= 15 is 0 Å². The van der Waals surface area contributed by atoms with E-state index in [-0.39, 0.29) is 30.3 Å². The number of piperazine rings is 1. The molecule has 4 heterocycles. The number of halogens is 1. The van der Waals surface area contributed by atoms with Gasteiger partial charge in [0.1, 0.15) is 40.7 Å². The number of carbonyl (C=O) groups excluding carboxylic acids is 3. The lowest BCUT2D eigenvalue weighted by Gasteiger charge is -2.37. The van der Waals surface area contributed by atoms with Crippen LogP contribution >= 0.6 is 0 Å². The van der Waals surface area contributed by atoms with E-state index in [1.807, 2.05) is 87.7 Å². The van der Waals surface area contributed by atoms with E-state index in [1.165, 1.54) is 12.1 Å². The smallest absolute Gasteiger partial charge is 0.410 e. The quantitative estimate of drug-likeness (QED) is 0.203. The zero-order valence-electron chi connectivity index (χ0n) is 33.7. The lowest BCUT2D eigenvalue weighted by Crippen LogP contribution is -2.50. The molecule has 3 fully saturated rings. The van der Waals surface area contributed by atoms with E-state index in [0.29, 0.717) is 94.4 Å². The molecule has 0 unspecified atom stereocenters. The number of H-pyrrole nitrogens is 1. The Morgan fingerprint density at radius 1 is 0.719 bits per heavy atom. The number of likely N-dealkylation sites (tertiary alicyclic amines) is 2. The van der Waals surface area contributed by atoms with Crippen LogP contribution in [0.25, 0.3) is 22.0 Å². The third kappa shape index (κ3) is 9.89. The average Bonchev–Trinajstić information content (AvgIpc) is 3.83. The minimum Gasteiger partial charge on any atom is -0.490 e. The number of aromatic nitrogens is 2. The zero-order valence-corrected chi connectivity index (χ0v) is 33.7. The van der Waals surface area contributed by atoms with Gasteiger partial charge < -0.3 is 38.5 Å². The molecule has 0 saturated carbocycles. The molecule has 0 aliphatic carbocycles. The SMILES string of the molecule is CC(C)(C)OC(=O)N1CCN(c2cc(F)cc(OC3CCN(C(=O)c4ccc(O[C@H]5CCN(C(=O)OC(C)(C)C)C5)c(-c5ccc6cn[nH]c6c5)c4)CC3)c2)CC1. The lowest BCUT2D eigenvalue weighted by molar-refractivity contribution is 0.0237. The van der Waals surface area contributed by atoms with E-state index in [9.17, 15) is 18.8 Å². The summed E-state index contributed by atoms with van der Waals surface area (Å²) in [4.78, 5) is 46.5. The Labute approximate surface area is 333 Å². The molecule has 0 radical (unpaired) electrons. The monoisotopic (exact) mass is 784 g/mol. The van der Waals surface area contributed by atoms with E-state index in [1.54, 1.807) is 22.1 Å². The third-order valence-corrected chi connectivity index (χ3v) is 10.3. The number of aromatic amines is 1. The second-order valence-corrected chi connectivity index (χ2v) is 17.0. The van der Waals surface area contributed by atoms with Gasteiger partial charge in [-0.15, -0.1) is 0 Å². The number of amides is 3. The van der Waals surface area contributed by atoms with Crippen molar-refractivity contribution in [1.82, 2.24) is 24.9 Å². The number of hydrogen-bond acceptors (Lipinski definition) is 9. The van der Waals surface area contributed by atoms with E-state index < -0.39 is 17.0 Å². The predicted octanol–water partition coefficient (Wildman–Crippen LogP) is 7.50. The van der Waals surface area contributed by atoms with E-state index in [0.717, 1.165) is 22.0 Å². The molecule has 7 rings (SSSR count). The number of carbonyl (C=O) groups is 3. The van der Waals surface area contributed by atoms with Crippen molar-refractivity contribution < 1.29 is 37.7 Å². The van der Waals surface area contributed by atoms with Crippen LogP contribution in [-0.2, 0) is 9.47 Å². The Morgan fingerprint density at radius 2 is 1.39 bits per heavy atom. The molecule has 3 aliphatic rings. The predicted molar refractivity (Wildman–Crippen MR) is 214 cm³/mol. The van der Waals surface area contributed by atoms with Gasteiger partial charge in [0.05, 0.1) is 18.3 Å². The molecule has 0 spiro atoms. The molecular weight excluding hydrogens is 732 g/mol. The number of anilines is 1. The molecule has 1 N–H and O–H groups in total. The number of nitrogens with one attached hydrogen (secondary N) is 1. The number of piperidine rings is 1. The van der Waals surface area contributed by atoms with Crippen LogP contribution in [0.15, 0.2) is 60.8 Å². The van der Waals surface area contributed by atoms with Gasteiger partial charge >= 0.3 is 12.2 Å². The molecule has 0 bridgehead atoms. The Hall–Kier alpha value is -5.53. The van der Waals surface area contributed by atoms with Crippen LogP contribution in [0.3, 0.4) is 0 Å². The fourth-order valence-corrected chi connectivity index (χ4v) is 7.42. The first-order chi connectivity index (χ1) is 27.1. The van der Waals surface area contributed by atoms with Crippen LogP contribution in [0.4, 0.5) is 19.7 Å². The first-order valence-corrected chi connectivity index (χ1v) is 19.8. The zero-order chi connectivity index (χ0) is 40.5. The van der Waals surface area contributed by atoms with E-state index in [2.05, 4.69) is 10.2 Å². The standard InChI is InChI=1S/C43H53FN6O7/c1-42(2,3)56-40(52)49-19-17-47(18-20-49)32-23-31(44)24-35(25-32)54-33-11-14-48(15-12-33)39(51)29-9-10-38(36(21-29)28-7-8-30-26-45-46-37(30)22-28)55-34-13-16-50(27-34)41(53)57-43(4,5)6/h7-10,21-26,33-34H,11-20,27H2,1-6H3,(H,45,46)/t34-/m0/s1. The first kappa shape index (κ1) is 39.7. The molecule has 4 aromatic rings. The lowest BCUT2D eigenvalue weighted by atomic mass is 9.99. The van der Waals surface area contributed by atoms with E-state index in [4.69, 9.17) is 18.9 Å². The molecule has 3 aliphatic heterocycles. The number of rotatable bonds is 7. The fourth-order valence-electron chi connectivity index (χ4n) is 7.42. The van der Waals surface area contributed by atoms with Gasteiger partial charge in [-0.1, -0.05) is 12.1 Å². The van der Waals surface area contributed by atoms with Gasteiger partial charge in [-0.05, 0) is 77.4 Å². The Bertz CT molecular complexity index is 2090. The number of fused-ring (bicyclic) bond motifs is 1. The van der Waals surface area contributed by atoms with Gasteiger partial charge in [-0.2, -0.15) is 5.10 Å². The summed E-state index contributed by atoms with van der Waals surface area (Å²) in [5.74, 6) is 0.565. The summed E-state index contributed by atoms with van der Waals surface area (Å²) >= 11 is 0. The van der Waals surface area contributed by atoms with Gasteiger partial charge in [0.15, 0.2) is 0 Å². The molecule has 304 valence electrons. The van der Waals surface area contributed by atoms with Gasteiger partial charge in [-0.25, -0.2) is 14.0 Å². The number of hydrogen-bond donors (Lipinski definition) is 1. The van der Waals surface area contributed by atoms with Crippen LogP contribution in [0, 0.1) is 5.82 Å². The molecule has 13 nitrogen and oxygen atoms in total. The van der Waals surface area contributed by atoms with Crippen molar-refractivity contribution in [1.29, 1.82) is 0 Å². The highest BCUT2D eigenvalue weighted by Crippen LogP contribution is 2.35. The molecular formula is C43H53FN6O7. The third-order valence-electron chi connectivity index (χ3n) is 10.3. The van der Waals surface area contributed by atoms with Gasteiger partial charge in [0.2, 0.25) is 0 Å². The normalized spacial score (nSPS) is 18.2. The molecule has 3 amide bonds. The Balaban J connectivity index is 0.989. The summed E-state index contributed by atoms with van der Waals surface area (Å²) in [5.41, 5.74) is 2.56. The topological polar surface area (TPSA) is 130 Å². The summed E-state index contributed by atoms with van der Waals surface area (Å²) in [7, 11) is 0. The van der Waals surface area contributed by atoms with Gasteiger partial charge in [0, 0.05) is 99.4 Å². The van der Waals surface area contributed by atoms with Crippen molar-refractivity contribution in [2.75, 3.05) is 57.3 Å². The van der Waals surface area contributed by atoms with Crippen LogP contribution in [-0.4, -0.2) is 119 Å². The highest BCUT2D eigenvalue weighted by Gasteiger charge is 2.32. The van der Waals surface area contributed by atoms with Crippen molar-refractivity contribution in [3.63, 3.8) is 0 Å². The maximum Gasteiger partial charge on any atom is 0.410 e. The van der Waals surface area contributed by atoms with Crippen LogP contribution in [0.1, 0.15) is 71.2 Å². The summed E-state index contributed by atoms with van der Waals surface area (Å²) in [6, 6.07) is 16.2. The number of benzene rings is 3. The average molecular weight is 785 g/mol. The van der Waals surface area contributed by atoms with Crippen molar-refractivity contribution >= 4 is 34.7 Å². The van der Waals surface area contributed by atoms with Crippen molar-refractivity contribution in [3.05, 3.63) is 72.2 Å². The summed E-state index contributed by atoms with van der Waals surface area (Å²) in [6.45, 7) is 15.0. The first-order valence-electron chi connectivity index (χ1n) is 19.8. The number of ether oxygens (including phenoxy) is 4. The maximum absolute atomic E-state index is 14.9. The highest BCUT2D eigenvalue weighted by atomic mass is 19.1. The molecule has 3 saturated heterocycles. The molecule has 14 heteroatoms. The Kier molecular flexibility index (Phi) is 11.2. The van der Waals surface area contributed by atoms with Crippen molar-refractivity contribution in [2.24, 2.45) is 0 Å². The number of nitrogens with zero attached hydrogens (tertiary/aromatic N) is 5. The van der Waals surface area contributed by atoms with Gasteiger partial charge in [0.25, 0.3) is 5.91 Å². The largest absolute Gasteiger partial charge is 0.490 e. The highest BCUT2D eigenvalue weighted by molar-refractivity contribution is 5.97. The van der Waals surface area contributed by atoms with Crippen molar-refractivity contribution in [2.45, 2.75) is 84.2 Å².